The van der Waals surface area contributed by atoms with Gasteiger partial charge in [0.2, 0.25) is 0 Å². The number of fused-ring (bicyclic) bond motifs is 1. The molecule has 22 heavy (non-hydrogen) atoms. The lowest BCUT2D eigenvalue weighted by Gasteiger charge is -2.10. The number of methoxy groups -OCH3 is 1. The predicted octanol–water partition coefficient (Wildman–Crippen LogP) is 3.06. The molecular weight excluding hydrogens is 280 g/mol. The van der Waals surface area contributed by atoms with Gasteiger partial charge in [0, 0.05) is 11.5 Å². The van der Waals surface area contributed by atoms with Gasteiger partial charge in [0.25, 0.3) is 0 Å². The van der Waals surface area contributed by atoms with E-state index < -0.39 is 0 Å². The van der Waals surface area contributed by atoms with Crippen LogP contribution in [0.2, 0.25) is 0 Å². The zero-order valence-electron chi connectivity index (χ0n) is 12.2. The van der Waals surface area contributed by atoms with Crippen LogP contribution in [0.4, 0.5) is 0 Å². The molecule has 0 amide bonds. The minimum atomic E-state index is 0.562. The number of rotatable bonds is 4. The molecule has 2 aromatic rings. The third-order valence-electron chi connectivity index (χ3n) is 3.75. The first-order valence-electron chi connectivity index (χ1n) is 7.23. The summed E-state index contributed by atoms with van der Waals surface area (Å²) < 4.78 is 10.4. The maximum absolute atomic E-state index is 5.43. The van der Waals surface area contributed by atoms with Crippen LogP contribution in [0, 0.1) is 0 Å². The average Bonchev–Trinajstić information content (AvgIpc) is 3.32. The van der Waals surface area contributed by atoms with Crippen molar-refractivity contribution in [2.24, 2.45) is 5.10 Å². The molecular formula is C16H16N4O2. The van der Waals surface area contributed by atoms with Crippen LogP contribution in [-0.4, -0.2) is 28.3 Å². The first-order chi connectivity index (χ1) is 10.8. The van der Waals surface area contributed by atoms with Gasteiger partial charge in [-0.05, 0) is 25.0 Å². The van der Waals surface area contributed by atoms with Crippen molar-refractivity contribution in [3.63, 3.8) is 0 Å². The third kappa shape index (κ3) is 2.32. The molecule has 0 spiro atoms. The van der Waals surface area contributed by atoms with Crippen molar-refractivity contribution in [3.05, 3.63) is 48.4 Å². The number of H-pyrrole nitrogens is 1. The van der Waals surface area contributed by atoms with Crippen LogP contribution in [-0.2, 0) is 4.74 Å². The second-order valence-corrected chi connectivity index (χ2v) is 5.31. The van der Waals surface area contributed by atoms with E-state index in [4.69, 9.17) is 14.5 Å². The maximum Gasteiger partial charge on any atom is 0.144 e. The lowest BCUT2D eigenvalue weighted by molar-refractivity contribution is 0.350. The Hall–Kier alpha value is -2.76. The Morgan fingerprint density at radius 1 is 1.36 bits per heavy atom. The molecule has 2 heterocycles. The lowest BCUT2D eigenvalue weighted by Crippen LogP contribution is -2.04. The minimum absolute atomic E-state index is 0.562. The molecule has 0 atom stereocenters. The minimum Gasteiger partial charge on any atom is -0.494 e. The van der Waals surface area contributed by atoms with Gasteiger partial charge in [0.05, 0.1) is 25.7 Å². The van der Waals surface area contributed by atoms with Crippen LogP contribution in [0.25, 0.3) is 11.0 Å². The topological polar surface area (TPSA) is 62.7 Å². The number of benzene rings is 1. The van der Waals surface area contributed by atoms with Crippen LogP contribution in [0.15, 0.2) is 42.2 Å². The Labute approximate surface area is 127 Å². The molecule has 1 aliphatic heterocycles. The zero-order valence-corrected chi connectivity index (χ0v) is 12.2. The molecule has 6 heteroatoms. The highest BCUT2D eigenvalue weighted by atomic mass is 16.5. The zero-order chi connectivity index (χ0) is 14.9. The summed E-state index contributed by atoms with van der Waals surface area (Å²) in [6, 6.07) is 3.90. The fraction of sp³-hybridized carbons (Fsp3) is 0.250. The first-order valence-corrected chi connectivity index (χ1v) is 7.23. The molecule has 1 saturated carbocycles. The van der Waals surface area contributed by atoms with E-state index >= 15 is 0 Å². The van der Waals surface area contributed by atoms with E-state index in [0.717, 1.165) is 28.2 Å². The van der Waals surface area contributed by atoms with E-state index in [-0.39, 0.29) is 0 Å². The van der Waals surface area contributed by atoms with Crippen LogP contribution >= 0.6 is 0 Å². The number of hydrazone groups is 1. The standard InChI is InChI=1S/C16H16N4O2/c1-21-13-5-4-12(10-17-20-6-8-22-9-7-20)14-15(13)19-16(18-14)11-2-3-11/h4-11H,2-3H2,1H3,(H,18,19). The van der Waals surface area contributed by atoms with Gasteiger partial charge < -0.3 is 14.5 Å². The summed E-state index contributed by atoms with van der Waals surface area (Å²) in [6.07, 6.45) is 10.8. The molecule has 1 fully saturated rings. The van der Waals surface area contributed by atoms with Crippen LogP contribution in [0.1, 0.15) is 30.1 Å². The van der Waals surface area contributed by atoms with Crippen molar-refractivity contribution in [2.75, 3.05) is 7.11 Å². The molecule has 0 bridgehead atoms. The largest absolute Gasteiger partial charge is 0.494 e. The number of imidazole rings is 1. The highest BCUT2D eigenvalue weighted by Crippen LogP contribution is 2.40. The Bertz CT molecular complexity index is 775. The summed E-state index contributed by atoms with van der Waals surface area (Å²) >= 11 is 0. The summed E-state index contributed by atoms with van der Waals surface area (Å²) in [4.78, 5) is 8.14. The molecule has 112 valence electrons. The van der Waals surface area contributed by atoms with Crippen molar-refractivity contribution < 1.29 is 9.47 Å². The number of ether oxygens (including phenoxy) is 2. The summed E-state index contributed by atoms with van der Waals surface area (Å²) in [5.41, 5.74) is 2.78. The molecule has 2 aliphatic rings. The van der Waals surface area contributed by atoms with Gasteiger partial charge in [-0.2, -0.15) is 5.10 Å². The molecule has 0 saturated heterocycles. The molecule has 1 aromatic heterocycles. The second-order valence-electron chi connectivity index (χ2n) is 5.31. The Morgan fingerprint density at radius 3 is 2.91 bits per heavy atom. The Kier molecular flexibility index (Phi) is 3.07. The molecule has 0 radical (unpaired) electrons. The van der Waals surface area contributed by atoms with Gasteiger partial charge in [-0.15, -0.1) is 0 Å². The van der Waals surface area contributed by atoms with Gasteiger partial charge in [-0.1, -0.05) is 0 Å². The summed E-state index contributed by atoms with van der Waals surface area (Å²) in [7, 11) is 1.67. The summed E-state index contributed by atoms with van der Waals surface area (Å²) in [5, 5.41) is 6.06. The number of nitrogens with one attached hydrogen (secondary N) is 1. The second kappa shape index (κ2) is 5.22. The van der Waals surface area contributed by atoms with Crippen LogP contribution in [0.5, 0.6) is 5.75 Å². The first kappa shape index (κ1) is 12.9. The molecule has 1 N–H and O–H groups in total. The van der Waals surface area contributed by atoms with Crippen molar-refractivity contribution in [1.29, 1.82) is 0 Å². The van der Waals surface area contributed by atoms with Crippen LogP contribution in [0.3, 0.4) is 0 Å². The van der Waals surface area contributed by atoms with E-state index in [1.54, 1.807) is 43.3 Å². The SMILES string of the molecule is COc1ccc(C=NN2C=COC=C2)c2nc(C3CC3)[nH]c12. The monoisotopic (exact) mass is 296 g/mol. The third-order valence-corrected chi connectivity index (χ3v) is 3.75. The van der Waals surface area contributed by atoms with E-state index in [9.17, 15) is 0 Å². The number of aromatic amines is 1. The van der Waals surface area contributed by atoms with Crippen molar-refractivity contribution in [1.82, 2.24) is 15.0 Å². The number of aromatic nitrogens is 2. The van der Waals surface area contributed by atoms with E-state index in [1.165, 1.54) is 12.8 Å². The fourth-order valence-corrected chi connectivity index (χ4v) is 2.43. The summed E-state index contributed by atoms with van der Waals surface area (Å²) in [6.45, 7) is 0. The van der Waals surface area contributed by atoms with Gasteiger partial charge >= 0.3 is 0 Å². The lowest BCUT2D eigenvalue weighted by atomic mass is 10.2. The fourth-order valence-electron chi connectivity index (χ4n) is 2.43. The number of hydrogen-bond acceptors (Lipinski definition) is 5. The smallest absolute Gasteiger partial charge is 0.144 e. The van der Waals surface area contributed by atoms with Crippen molar-refractivity contribution in [3.8, 4) is 5.75 Å². The average molecular weight is 296 g/mol. The molecule has 4 rings (SSSR count). The number of nitrogens with zero attached hydrogens (tertiary/aromatic N) is 3. The molecule has 1 aliphatic carbocycles. The predicted molar refractivity (Wildman–Crippen MR) is 83.4 cm³/mol. The van der Waals surface area contributed by atoms with Crippen LogP contribution < -0.4 is 4.74 Å². The quantitative estimate of drug-likeness (QED) is 0.881. The molecule has 1 aromatic carbocycles. The maximum atomic E-state index is 5.43. The van der Waals surface area contributed by atoms with Crippen molar-refractivity contribution >= 4 is 17.2 Å². The molecule has 0 unspecified atom stereocenters. The Morgan fingerprint density at radius 2 is 2.18 bits per heavy atom. The normalized spacial score (nSPS) is 17.4. The highest BCUT2D eigenvalue weighted by molar-refractivity contribution is 5.98. The van der Waals surface area contributed by atoms with Gasteiger partial charge in [-0.25, -0.2) is 9.99 Å². The number of hydrogen-bond donors (Lipinski definition) is 1. The van der Waals surface area contributed by atoms with Crippen molar-refractivity contribution in [2.45, 2.75) is 18.8 Å². The van der Waals surface area contributed by atoms with Gasteiger partial charge in [0.15, 0.2) is 0 Å². The van der Waals surface area contributed by atoms with E-state index in [2.05, 4.69) is 10.1 Å². The highest BCUT2D eigenvalue weighted by Gasteiger charge is 2.27. The van der Waals surface area contributed by atoms with E-state index in [1.807, 2.05) is 12.1 Å². The van der Waals surface area contributed by atoms with Gasteiger partial charge in [0.1, 0.15) is 35.1 Å². The Balaban J connectivity index is 1.73. The van der Waals surface area contributed by atoms with E-state index in [0.29, 0.717) is 5.92 Å². The summed E-state index contributed by atoms with van der Waals surface area (Å²) in [5.74, 6) is 2.41. The molecule has 6 nitrogen and oxygen atoms in total. The van der Waals surface area contributed by atoms with Gasteiger partial charge in [-0.3, -0.25) is 0 Å².